The molecule has 2 heterocycles. The highest BCUT2D eigenvalue weighted by Gasteiger charge is 2.53. The molecule has 0 aromatic carbocycles. The summed E-state index contributed by atoms with van der Waals surface area (Å²) in [5, 5.41) is 19.7. The number of nitrogen functional groups attached to an aromatic ring is 1. The lowest BCUT2D eigenvalue weighted by atomic mass is 9.87. The number of rotatable bonds is 8. The van der Waals surface area contributed by atoms with Crippen molar-refractivity contribution in [2.75, 3.05) is 22.9 Å². The Morgan fingerprint density at radius 1 is 1.31 bits per heavy atom. The summed E-state index contributed by atoms with van der Waals surface area (Å²) in [5.74, 6) is 0.970. The Morgan fingerprint density at radius 3 is 2.62 bits per heavy atom. The summed E-state index contributed by atoms with van der Waals surface area (Å²) in [6.45, 7) is 8.00. The molecular weight excluding hydrogens is 370 g/mol. The fraction of sp³-hybridized carbons (Fsp3) is 0.500. The second-order valence-corrected chi connectivity index (χ2v) is 8.36. The van der Waals surface area contributed by atoms with Crippen LogP contribution in [0.4, 0.5) is 23.3 Å². The number of carbonyl (C=O) groups excluding carboxylic acids is 1. The van der Waals surface area contributed by atoms with E-state index in [1.54, 1.807) is 32.2 Å². The van der Waals surface area contributed by atoms with Crippen LogP contribution in [0.25, 0.3) is 0 Å². The van der Waals surface area contributed by atoms with E-state index in [2.05, 4.69) is 30.9 Å². The van der Waals surface area contributed by atoms with Gasteiger partial charge in [0.25, 0.3) is 5.91 Å². The number of carbonyl (C=O) groups is 1. The molecule has 6 N–H and O–H groups in total. The molecular formula is C20H29N7O2. The molecule has 0 radical (unpaired) electrons. The predicted molar refractivity (Wildman–Crippen MR) is 113 cm³/mol. The maximum absolute atomic E-state index is 12.8. The Morgan fingerprint density at radius 2 is 2.03 bits per heavy atom. The van der Waals surface area contributed by atoms with Gasteiger partial charge in [-0.25, -0.2) is 9.97 Å². The smallest absolute Gasteiger partial charge is 0.254 e. The number of nitrogens with zero attached hydrogens (tertiary/aromatic N) is 3. The van der Waals surface area contributed by atoms with E-state index in [4.69, 9.17) is 5.73 Å². The molecule has 1 amide bonds. The third kappa shape index (κ3) is 4.92. The molecule has 2 aromatic heterocycles. The standard InChI is InChI=1S/C20H29N7O2/c1-12(2)25-14-9-16(26-15-5-8-22-18(21)27-15)23-10-13(14)17(28)24-11-20(6-7-20)19(3,4)29/h5,8-10,12,29H,6-7,11H2,1-4H3,(H,24,28)(H4,21,22,23,25,26,27). The maximum Gasteiger partial charge on any atom is 0.254 e. The van der Waals surface area contributed by atoms with E-state index in [1.807, 2.05) is 13.8 Å². The van der Waals surface area contributed by atoms with Crippen molar-refractivity contribution in [3.63, 3.8) is 0 Å². The van der Waals surface area contributed by atoms with E-state index in [0.29, 0.717) is 29.4 Å². The molecule has 29 heavy (non-hydrogen) atoms. The molecule has 3 rings (SSSR count). The lowest BCUT2D eigenvalue weighted by Crippen LogP contribution is -2.42. The van der Waals surface area contributed by atoms with Crippen LogP contribution in [0.15, 0.2) is 24.5 Å². The first-order valence-electron chi connectivity index (χ1n) is 9.72. The lowest BCUT2D eigenvalue weighted by molar-refractivity contribution is 0.00303. The molecule has 1 aliphatic rings. The Bertz CT molecular complexity index is 889. The van der Waals surface area contributed by atoms with Gasteiger partial charge in [0.1, 0.15) is 11.6 Å². The quantitative estimate of drug-likeness (QED) is 0.456. The van der Waals surface area contributed by atoms with Crippen LogP contribution in [0.5, 0.6) is 0 Å². The molecule has 156 valence electrons. The highest BCUT2D eigenvalue weighted by molar-refractivity contribution is 5.99. The minimum atomic E-state index is -0.829. The van der Waals surface area contributed by atoms with E-state index in [0.717, 1.165) is 12.8 Å². The zero-order valence-electron chi connectivity index (χ0n) is 17.3. The van der Waals surface area contributed by atoms with Crippen LogP contribution in [0.2, 0.25) is 0 Å². The van der Waals surface area contributed by atoms with E-state index >= 15 is 0 Å². The molecule has 0 aliphatic heterocycles. The van der Waals surface area contributed by atoms with Gasteiger partial charge in [-0.05, 0) is 46.6 Å². The number of hydrogen-bond donors (Lipinski definition) is 5. The summed E-state index contributed by atoms with van der Waals surface area (Å²) in [7, 11) is 0. The van der Waals surface area contributed by atoms with Gasteiger partial charge in [0, 0.05) is 36.5 Å². The van der Waals surface area contributed by atoms with Gasteiger partial charge in [-0.2, -0.15) is 4.98 Å². The Labute approximate surface area is 170 Å². The van der Waals surface area contributed by atoms with Crippen molar-refractivity contribution in [3.8, 4) is 0 Å². The van der Waals surface area contributed by atoms with Crippen LogP contribution >= 0.6 is 0 Å². The first-order chi connectivity index (χ1) is 13.6. The number of hydrogen-bond acceptors (Lipinski definition) is 8. The molecule has 1 fully saturated rings. The van der Waals surface area contributed by atoms with Gasteiger partial charge in [-0.3, -0.25) is 4.79 Å². The summed E-state index contributed by atoms with van der Waals surface area (Å²) >= 11 is 0. The lowest BCUT2D eigenvalue weighted by Gasteiger charge is -2.29. The summed E-state index contributed by atoms with van der Waals surface area (Å²) in [5.41, 5.74) is 5.63. The zero-order valence-corrected chi connectivity index (χ0v) is 17.3. The van der Waals surface area contributed by atoms with Crippen LogP contribution in [-0.4, -0.2) is 44.2 Å². The van der Waals surface area contributed by atoms with E-state index in [1.165, 1.54) is 6.20 Å². The number of nitrogens with one attached hydrogen (secondary N) is 3. The van der Waals surface area contributed by atoms with Gasteiger partial charge >= 0.3 is 0 Å². The average molecular weight is 399 g/mol. The normalized spacial score (nSPS) is 15.1. The van der Waals surface area contributed by atoms with Gasteiger partial charge in [-0.1, -0.05) is 0 Å². The second kappa shape index (κ2) is 7.82. The molecule has 0 spiro atoms. The number of pyridine rings is 1. The highest BCUT2D eigenvalue weighted by Crippen LogP contribution is 2.53. The first-order valence-corrected chi connectivity index (χ1v) is 9.72. The SMILES string of the molecule is CC(C)Nc1cc(Nc2ccnc(N)n2)ncc1C(=O)NCC1(C(C)(C)O)CC1. The van der Waals surface area contributed by atoms with Gasteiger partial charge in [-0.15, -0.1) is 0 Å². The van der Waals surface area contributed by atoms with Crippen LogP contribution in [-0.2, 0) is 0 Å². The number of amides is 1. The molecule has 9 heteroatoms. The molecule has 0 saturated heterocycles. The fourth-order valence-corrected chi connectivity index (χ4v) is 3.21. The Hall–Kier alpha value is -2.94. The Kier molecular flexibility index (Phi) is 5.61. The second-order valence-electron chi connectivity index (χ2n) is 8.36. The monoisotopic (exact) mass is 399 g/mol. The van der Waals surface area contributed by atoms with E-state index in [-0.39, 0.29) is 23.3 Å². The van der Waals surface area contributed by atoms with Gasteiger partial charge in [0.2, 0.25) is 5.95 Å². The first kappa shape index (κ1) is 20.8. The van der Waals surface area contributed by atoms with E-state index < -0.39 is 5.60 Å². The van der Waals surface area contributed by atoms with Crippen molar-refractivity contribution >= 4 is 29.2 Å². The van der Waals surface area contributed by atoms with Crippen LogP contribution < -0.4 is 21.7 Å². The summed E-state index contributed by atoms with van der Waals surface area (Å²) < 4.78 is 0. The van der Waals surface area contributed by atoms with Crippen molar-refractivity contribution in [1.82, 2.24) is 20.3 Å². The summed E-state index contributed by atoms with van der Waals surface area (Å²) in [6, 6.07) is 3.56. The van der Waals surface area contributed by atoms with Gasteiger partial charge in [0.05, 0.1) is 16.9 Å². The van der Waals surface area contributed by atoms with Crippen LogP contribution in [0.1, 0.15) is 50.9 Å². The molecule has 1 aliphatic carbocycles. The molecule has 9 nitrogen and oxygen atoms in total. The minimum Gasteiger partial charge on any atom is -0.390 e. The fourth-order valence-electron chi connectivity index (χ4n) is 3.21. The van der Waals surface area contributed by atoms with Crippen LogP contribution in [0, 0.1) is 5.41 Å². The number of aromatic nitrogens is 3. The van der Waals surface area contributed by atoms with Crippen molar-refractivity contribution in [2.24, 2.45) is 5.41 Å². The highest BCUT2D eigenvalue weighted by atomic mass is 16.3. The van der Waals surface area contributed by atoms with Crippen molar-refractivity contribution < 1.29 is 9.90 Å². The molecule has 0 bridgehead atoms. The minimum absolute atomic E-state index is 0.123. The van der Waals surface area contributed by atoms with Crippen molar-refractivity contribution in [2.45, 2.75) is 52.2 Å². The number of nitrogens with two attached hydrogens (primary N) is 1. The maximum atomic E-state index is 12.8. The predicted octanol–water partition coefficient (Wildman–Crippen LogP) is 2.30. The largest absolute Gasteiger partial charge is 0.390 e. The topological polar surface area (TPSA) is 138 Å². The number of anilines is 4. The Balaban J connectivity index is 1.77. The summed E-state index contributed by atoms with van der Waals surface area (Å²) in [6.07, 6.45) is 4.88. The summed E-state index contributed by atoms with van der Waals surface area (Å²) in [4.78, 5) is 25.1. The molecule has 0 unspecified atom stereocenters. The third-order valence-corrected chi connectivity index (χ3v) is 5.26. The van der Waals surface area contributed by atoms with Gasteiger partial charge < -0.3 is 26.8 Å². The van der Waals surface area contributed by atoms with Crippen LogP contribution in [0.3, 0.4) is 0 Å². The molecule has 0 atom stereocenters. The van der Waals surface area contributed by atoms with Crippen molar-refractivity contribution in [1.29, 1.82) is 0 Å². The van der Waals surface area contributed by atoms with Gasteiger partial charge in [0.15, 0.2) is 0 Å². The number of aliphatic hydroxyl groups is 1. The van der Waals surface area contributed by atoms with E-state index in [9.17, 15) is 9.90 Å². The average Bonchev–Trinajstić information content (AvgIpc) is 3.40. The third-order valence-electron chi connectivity index (χ3n) is 5.26. The molecule has 2 aromatic rings. The zero-order chi connectivity index (χ0) is 21.2. The van der Waals surface area contributed by atoms with Crippen molar-refractivity contribution in [3.05, 3.63) is 30.1 Å². The molecule has 1 saturated carbocycles.